The van der Waals surface area contributed by atoms with E-state index in [-0.39, 0.29) is 33.4 Å². The van der Waals surface area contributed by atoms with Crippen LogP contribution in [0, 0.1) is 0 Å². The predicted molar refractivity (Wildman–Crippen MR) is 107 cm³/mol. The molecule has 2 aromatic rings. The first-order chi connectivity index (χ1) is 13.8. The topological polar surface area (TPSA) is 92.8 Å². The lowest BCUT2D eigenvalue weighted by Gasteiger charge is -2.15. The highest BCUT2D eigenvalue weighted by Gasteiger charge is 2.38. The number of esters is 1. The SMILES string of the molecule is CCC(C)NC(=O)COC(=O)c1ccc2c(c1)C(=O)N(c1ccccc1Cl)C2=O. The average molecular weight is 415 g/mol. The second-order valence-corrected chi connectivity index (χ2v) is 7.02. The quantitative estimate of drug-likeness (QED) is 0.578. The van der Waals surface area contributed by atoms with Crippen molar-refractivity contribution in [2.45, 2.75) is 26.3 Å². The van der Waals surface area contributed by atoms with Crippen molar-refractivity contribution >= 4 is 41.0 Å². The molecule has 29 heavy (non-hydrogen) atoms. The van der Waals surface area contributed by atoms with Crippen LogP contribution in [0.3, 0.4) is 0 Å². The summed E-state index contributed by atoms with van der Waals surface area (Å²) < 4.78 is 5.01. The van der Waals surface area contributed by atoms with Gasteiger partial charge in [-0.25, -0.2) is 9.69 Å². The first-order valence-electron chi connectivity index (χ1n) is 9.07. The van der Waals surface area contributed by atoms with E-state index >= 15 is 0 Å². The highest BCUT2D eigenvalue weighted by Crippen LogP contribution is 2.33. The molecule has 2 aromatic carbocycles. The van der Waals surface area contributed by atoms with E-state index < -0.39 is 30.3 Å². The number of fused-ring (bicyclic) bond motifs is 1. The number of hydrogen-bond donors (Lipinski definition) is 1. The third kappa shape index (κ3) is 4.14. The van der Waals surface area contributed by atoms with Gasteiger partial charge < -0.3 is 10.1 Å². The van der Waals surface area contributed by atoms with Crippen LogP contribution in [0.4, 0.5) is 5.69 Å². The normalized spacial score (nSPS) is 13.8. The van der Waals surface area contributed by atoms with E-state index in [1.165, 1.54) is 18.2 Å². The highest BCUT2D eigenvalue weighted by molar-refractivity contribution is 6.39. The van der Waals surface area contributed by atoms with Gasteiger partial charge in [0.2, 0.25) is 0 Å². The maximum Gasteiger partial charge on any atom is 0.338 e. The van der Waals surface area contributed by atoms with Gasteiger partial charge in [-0.05, 0) is 43.7 Å². The molecule has 0 saturated heterocycles. The molecule has 0 aliphatic carbocycles. The molecule has 0 spiro atoms. The third-order valence-electron chi connectivity index (χ3n) is 4.57. The molecule has 0 saturated carbocycles. The zero-order valence-electron chi connectivity index (χ0n) is 15.9. The van der Waals surface area contributed by atoms with E-state index in [1.807, 2.05) is 13.8 Å². The Bertz CT molecular complexity index is 1000. The molecule has 1 unspecified atom stereocenters. The number of anilines is 1. The van der Waals surface area contributed by atoms with Crippen molar-refractivity contribution in [2.24, 2.45) is 0 Å². The summed E-state index contributed by atoms with van der Waals surface area (Å²) in [5, 5.41) is 2.94. The van der Waals surface area contributed by atoms with Crippen LogP contribution in [0.2, 0.25) is 5.02 Å². The molecule has 1 heterocycles. The highest BCUT2D eigenvalue weighted by atomic mass is 35.5. The summed E-state index contributed by atoms with van der Waals surface area (Å²) in [6.45, 7) is 3.33. The summed E-state index contributed by atoms with van der Waals surface area (Å²) in [5.41, 5.74) is 0.586. The van der Waals surface area contributed by atoms with Crippen LogP contribution in [0.25, 0.3) is 0 Å². The van der Waals surface area contributed by atoms with E-state index in [1.54, 1.807) is 24.3 Å². The molecular formula is C21H19ClN2O5. The van der Waals surface area contributed by atoms with Gasteiger partial charge in [0.1, 0.15) is 0 Å². The summed E-state index contributed by atoms with van der Waals surface area (Å²) in [7, 11) is 0. The fraction of sp³-hybridized carbons (Fsp3) is 0.238. The smallest absolute Gasteiger partial charge is 0.338 e. The number of nitrogens with zero attached hydrogens (tertiary/aromatic N) is 1. The number of carbonyl (C=O) groups is 4. The van der Waals surface area contributed by atoms with Gasteiger partial charge in [0, 0.05) is 6.04 Å². The lowest BCUT2D eigenvalue weighted by atomic mass is 10.1. The maximum absolute atomic E-state index is 12.8. The minimum absolute atomic E-state index is 0.0272. The lowest BCUT2D eigenvalue weighted by Crippen LogP contribution is -2.35. The van der Waals surface area contributed by atoms with Crippen LogP contribution in [0.5, 0.6) is 0 Å². The van der Waals surface area contributed by atoms with Crippen LogP contribution in [0.15, 0.2) is 42.5 Å². The average Bonchev–Trinajstić information content (AvgIpc) is 2.96. The van der Waals surface area contributed by atoms with Crippen molar-refractivity contribution in [1.82, 2.24) is 5.32 Å². The van der Waals surface area contributed by atoms with Crippen LogP contribution in [-0.4, -0.2) is 36.3 Å². The first kappa shape index (κ1) is 20.5. The molecule has 1 aliphatic rings. The second-order valence-electron chi connectivity index (χ2n) is 6.61. The van der Waals surface area contributed by atoms with E-state index in [9.17, 15) is 19.2 Å². The molecule has 8 heteroatoms. The van der Waals surface area contributed by atoms with E-state index in [0.29, 0.717) is 0 Å². The Balaban J connectivity index is 1.77. The van der Waals surface area contributed by atoms with Gasteiger partial charge in [-0.1, -0.05) is 30.7 Å². The minimum Gasteiger partial charge on any atom is -0.452 e. The monoisotopic (exact) mass is 414 g/mol. The van der Waals surface area contributed by atoms with Gasteiger partial charge in [-0.2, -0.15) is 0 Å². The van der Waals surface area contributed by atoms with Crippen molar-refractivity contribution in [3.8, 4) is 0 Å². The molecule has 1 N–H and O–H groups in total. The first-order valence-corrected chi connectivity index (χ1v) is 9.45. The van der Waals surface area contributed by atoms with Gasteiger partial charge in [0.15, 0.2) is 6.61 Å². The lowest BCUT2D eigenvalue weighted by molar-refractivity contribution is -0.124. The van der Waals surface area contributed by atoms with Crippen LogP contribution in [0.1, 0.15) is 51.3 Å². The van der Waals surface area contributed by atoms with Crippen LogP contribution >= 0.6 is 11.6 Å². The summed E-state index contributed by atoms with van der Waals surface area (Å²) in [6.07, 6.45) is 0.753. The Morgan fingerprint density at radius 1 is 1.10 bits per heavy atom. The Morgan fingerprint density at radius 3 is 2.48 bits per heavy atom. The van der Waals surface area contributed by atoms with E-state index in [0.717, 1.165) is 11.3 Å². The fourth-order valence-corrected chi connectivity index (χ4v) is 3.07. The summed E-state index contributed by atoms with van der Waals surface area (Å²) >= 11 is 6.12. The number of imide groups is 1. The largest absolute Gasteiger partial charge is 0.452 e. The number of nitrogens with one attached hydrogen (secondary N) is 1. The van der Waals surface area contributed by atoms with Crippen molar-refractivity contribution in [3.05, 3.63) is 64.2 Å². The Morgan fingerprint density at radius 2 is 1.79 bits per heavy atom. The van der Waals surface area contributed by atoms with E-state index in [2.05, 4.69) is 5.32 Å². The van der Waals surface area contributed by atoms with Gasteiger partial charge >= 0.3 is 5.97 Å². The standard InChI is InChI=1S/C21H19ClN2O5/c1-3-12(2)23-18(25)11-29-21(28)13-8-9-14-15(10-13)20(27)24(19(14)26)17-7-5-4-6-16(17)22/h4-10,12H,3,11H2,1-2H3,(H,23,25). The van der Waals surface area contributed by atoms with Crippen molar-refractivity contribution in [1.29, 1.82) is 0 Å². The molecule has 1 atom stereocenters. The maximum atomic E-state index is 12.8. The fourth-order valence-electron chi connectivity index (χ4n) is 2.85. The predicted octanol–water partition coefficient (Wildman–Crippen LogP) is 3.21. The summed E-state index contributed by atoms with van der Waals surface area (Å²) in [5.74, 6) is -2.28. The summed E-state index contributed by atoms with van der Waals surface area (Å²) in [6, 6.07) is 10.5. The van der Waals surface area contributed by atoms with Gasteiger partial charge in [0.25, 0.3) is 17.7 Å². The molecule has 3 amide bonds. The second kappa shape index (κ2) is 8.45. The zero-order valence-corrected chi connectivity index (χ0v) is 16.7. The van der Waals surface area contributed by atoms with Gasteiger partial charge in [0.05, 0.1) is 27.4 Å². The summed E-state index contributed by atoms with van der Waals surface area (Å²) in [4.78, 5) is 50.4. The molecule has 3 rings (SSSR count). The van der Waals surface area contributed by atoms with Gasteiger partial charge in [-0.15, -0.1) is 0 Å². The number of carbonyl (C=O) groups excluding carboxylic acids is 4. The number of para-hydroxylation sites is 1. The minimum atomic E-state index is -0.761. The molecule has 0 fully saturated rings. The van der Waals surface area contributed by atoms with Crippen molar-refractivity contribution in [3.63, 3.8) is 0 Å². The number of benzene rings is 2. The molecule has 150 valence electrons. The zero-order chi connectivity index (χ0) is 21.1. The third-order valence-corrected chi connectivity index (χ3v) is 4.89. The number of hydrogen-bond acceptors (Lipinski definition) is 5. The molecule has 0 aromatic heterocycles. The molecule has 0 radical (unpaired) electrons. The van der Waals surface area contributed by atoms with E-state index in [4.69, 9.17) is 16.3 Å². The van der Waals surface area contributed by atoms with Crippen LogP contribution < -0.4 is 10.2 Å². The van der Waals surface area contributed by atoms with Gasteiger partial charge in [-0.3, -0.25) is 14.4 Å². The molecule has 7 nitrogen and oxygen atoms in total. The Kier molecular flexibility index (Phi) is 5.98. The van der Waals surface area contributed by atoms with Crippen molar-refractivity contribution in [2.75, 3.05) is 11.5 Å². The Labute approximate surface area is 172 Å². The number of halogens is 1. The number of rotatable bonds is 6. The molecule has 1 aliphatic heterocycles. The van der Waals surface area contributed by atoms with Crippen LogP contribution in [-0.2, 0) is 9.53 Å². The molecule has 0 bridgehead atoms. The molecular weight excluding hydrogens is 396 g/mol. The Hall–Kier alpha value is -3.19. The number of amides is 3. The van der Waals surface area contributed by atoms with Crippen molar-refractivity contribution < 1.29 is 23.9 Å². The number of ether oxygens (including phenoxy) is 1.